The Morgan fingerprint density at radius 2 is 2.11 bits per heavy atom. The van der Waals surface area contributed by atoms with Gasteiger partial charge in [-0.3, -0.25) is 5.10 Å². The molecule has 3 aromatic rings. The van der Waals surface area contributed by atoms with Crippen LogP contribution in [0.3, 0.4) is 0 Å². The molecule has 1 aromatic carbocycles. The number of nitrogens with two attached hydrogens (primary N) is 1. The van der Waals surface area contributed by atoms with Crippen LogP contribution in [0.4, 0.5) is 11.9 Å². The first kappa shape index (κ1) is 17.4. The van der Waals surface area contributed by atoms with Gasteiger partial charge >= 0.3 is 0 Å². The second-order valence-electron chi connectivity index (χ2n) is 6.93. The van der Waals surface area contributed by atoms with Gasteiger partial charge < -0.3 is 15.5 Å². The van der Waals surface area contributed by atoms with E-state index >= 15 is 0 Å². The monoisotopic (exact) mass is 364 g/mol. The minimum atomic E-state index is 0.179. The Bertz CT molecular complexity index is 878. The fourth-order valence-electron chi connectivity index (χ4n) is 3.33. The van der Waals surface area contributed by atoms with Gasteiger partial charge in [-0.25, -0.2) is 9.97 Å². The SMILES string of the molecule is CN(Cc1cc(-c2ccccc2)n[nH]1)c1ncnc(N2CCCC(N)C2)n1. The van der Waals surface area contributed by atoms with E-state index in [2.05, 4.69) is 36.1 Å². The number of nitrogens with one attached hydrogen (secondary N) is 1. The Labute approximate surface area is 158 Å². The zero-order valence-corrected chi connectivity index (χ0v) is 15.4. The highest BCUT2D eigenvalue weighted by Crippen LogP contribution is 2.20. The minimum absolute atomic E-state index is 0.179. The van der Waals surface area contributed by atoms with Crippen molar-refractivity contribution in [2.45, 2.75) is 25.4 Å². The highest BCUT2D eigenvalue weighted by Gasteiger charge is 2.20. The maximum atomic E-state index is 6.08. The van der Waals surface area contributed by atoms with Gasteiger partial charge in [0.1, 0.15) is 6.33 Å². The fourth-order valence-corrected chi connectivity index (χ4v) is 3.33. The predicted molar refractivity (Wildman–Crippen MR) is 105 cm³/mol. The lowest BCUT2D eigenvalue weighted by Crippen LogP contribution is -2.43. The van der Waals surface area contributed by atoms with Crippen LogP contribution in [-0.2, 0) is 6.54 Å². The topological polar surface area (TPSA) is 99.9 Å². The molecule has 1 atom stereocenters. The molecule has 3 N–H and O–H groups in total. The van der Waals surface area contributed by atoms with Crippen LogP contribution in [0.1, 0.15) is 18.5 Å². The largest absolute Gasteiger partial charge is 0.339 e. The summed E-state index contributed by atoms with van der Waals surface area (Å²) in [5.41, 5.74) is 9.09. The van der Waals surface area contributed by atoms with Crippen LogP contribution in [0, 0.1) is 0 Å². The maximum absolute atomic E-state index is 6.08. The van der Waals surface area contributed by atoms with Gasteiger partial charge in [0.2, 0.25) is 11.9 Å². The summed E-state index contributed by atoms with van der Waals surface area (Å²) in [4.78, 5) is 17.4. The molecule has 8 nitrogen and oxygen atoms in total. The van der Waals surface area contributed by atoms with Gasteiger partial charge in [-0.1, -0.05) is 30.3 Å². The third-order valence-corrected chi connectivity index (χ3v) is 4.74. The van der Waals surface area contributed by atoms with Crippen molar-refractivity contribution in [2.24, 2.45) is 5.73 Å². The number of hydrogen-bond acceptors (Lipinski definition) is 7. The Kier molecular flexibility index (Phi) is 4.97. The number of rotatable bonds is 5. The molecule has 0 bridgehead atoms. The lowest BCUT2D eigenvalue weighted by Gasteiger charge is -2.31. The first-order valence-electron chi connectivity index (χ1n) is 9.19. The molecule has 8 heteroatoms. The van der Waals surface area contributed by atoms with Crippen LogP contribution in [0.15, 0.2) is 42.7 Å². The molecule has 0 spiro atoms. The molecule has 1 saturated heterocycles. The molecule has 4 rings (SSSR count). The van der Waals surface area contributed by atoms with Gasteiger partial charge in [0.05, 0.1) is 17.9 Å². The van der Waals surface area contributed by atoms with E-state index in [1.165, 1.54) is 0 Å². The highest BCUT2D eigenvalue weighted by atomic mass is 15.3. The molecule has 1 aliphatic heterocycles. The fraction of sp³-hybridized carbons (Fsp3) is 0.368. The molecular weight excluding hydrogens is 340 g/mol. The summed E-state index contributed by atoms with van der Waals surface area (Å²) >= 11 is 0. The first-order chi connectivity index (χ1) is 13.2. The lowest BCUT2D eigenvalue weighted by molar-refractivity contribution is 0.499. The van der Waals surface area contributed by atoms with E-state index in [1.54, 1.807) is 6.33 Å². The number of piperidine rings is 1. The van der Waals surface area contributed by atoms with Crippen molar-refractivity contribution in [3.8, 4) is 11.3 Å². The number of benzene rings is 1. The Balaban J connectivity index is 1.46. The zero-order chi connectivity index (χ0) is 18.6. The maximum Gasteiger partial charge on any atom is 0.230 e. The third kappa shape index (κ3) is 4.06. The molecule has 3 heterocycles. The first-order valence-corrected chi connectivity index (χ1v) is 9.19. The van der Waals surface area contributed by atoms with Gasteiger partial charge in [-0.05, 0) is 18.9 Å². The van der Waals surface area contributed by atoms with E-state index in [9.17, 15) is 0 Å². The van der Waals surface area contributed by atoms with Gasteiger partial charge in [0.25, 0.3) is 0 Å². The molecule has 1 unspecified atom stereocenters. The third-order valence-electron chi connectivity index (χ3n) is 4.74. The summed E-state index contributed by atoms with van der Waals surface area (Å²) in [5, 5.41) is 7.50. The van der Waals surface area contributed by atoms with Crippen LogP contribution in [-0.4, -0.2) is 51.3 Å². The average Bonchev–Trinajstić information content (AvgIpc) is 3.17. The molecule has 1 aliphatic rings. The van der Waals surface area contributed by atoms with Crippen molar-refractivity contribution in [3.05, 3.63) is 48.4 Å². The highest BCUT2D eigenvalue weighted by molar-refractivity contribution is 5.59. The van der Waals surface area contributed by atoms with E-state index in [1.807, 2.05) is 42.3 Å². The van der Waals surface area contributed by atoms with Crippen molar-refractivity contribution >= 4 is 11.9 Å². The van der Waals surface area contributed by atoms with Crippen LogP contribution >= 0.6 is 0 Å². The Morgan fingerprint density at radius 1 is 1.26 bits per heavy atom. The normalized spacial score (nSPS) is 17.1. The molecule has 1 fully saturated rings. The van der Waals surface area contributed by atoms with Crippen LogP contribution in [0.5, 0.6) is 0 Å². The van der Waals surface area contributed by atoms with Crippen molar-refractivity contribution in [3.63, 3.8) is 0 Å². The second-order valence-corrected chi connectivity index (χ2v) is 6.93. The van der Waals surface area contributed by atoms with Crippen LogP contribution < -0.4 is 15.5 Å². The van der Waals surface area contributed by atoms with Crippen molar-refractivity contribution in [2.75, 3.05) is 29.9 Å². The summed E-state index contributed by atoms with van der Waals surface area (Å²) in [6.45, 7) is 2.35. The molecule has 0 saturated carbocycles. The Morgan fingerprint density at radius 3 is 2.93 bits per heavy atom. The van der Waals surface area contributed by atoms with E-state index in [0.29, 0.717) is 18.4 Å². The van der Waals surface area contributed by atoms with Crippen molar-refractivity contribution in [1.29, 1.82) is 0 Å². The molecule has 0 radical (unpaired) electrons. The molecule has 2 aromatic heterocycles. The van der Waals surface area contributed by atoms with Gasteiger partial charge in [0.15, 0.2) is 0 Å². The Hall–Kier alpha value is -3.00. The lowest BCUT2D eigenvalue weighted by atomic mass is 10.1. The van der Waals surface area contributed by atoms with E-state index < -0.39 is 0 Å². The second kappa shape index (κ2) is 7.71. The van der Waals surface area contributed by atoms with Crippen molar-refractivity contribution < 1.29 is 0 Å². The molecular formula is C19H24N8. The number of hydrogen-bond donors (Lipinski definition) is 2. The molecule has 27 heavy (non-hydrogen) atoms. The summed E-state index contributed by atoms with van der Waals surface area (Å²) in [6.07, 6.45) is 3.68. The van der Waals surface area contributed by atoms with E-state index in [-0.39, 0.29) is 6.04 Å². The molecule has 0 aliphatic carbocycles. The number of nitrogens with zero attached hydrogens (tertiary/aromatic N) is 6. The number of aromatic nitrogens is 5. The summed E-state index contributed by atoms with van der Waals surface area (Å²) < 4.78 is 0. The van der Waals surface area contributed by atoms with Crippen molar-refractivity contribution in [1.82, 2.24) is 25.1 Å². The number of aromatic amines is 1. The molecule has 0 amide bonds. The summed E-state index contributed by atoms with van der Waals surface area (Å²) in [6, 6.07) is 12.3. The zero-order valence-electron chi connectivity index (χ0n) is 15.4. The minimum Gasteiger partial charge on any atom is -0.339 e. The molecule has 140 valence electrons. The van der Waals surface area contributed by atoms with Gasteiger partial charge in [-0.2, -0.15) is 10.1 Å². The number of anilines is 2. The summed E-state index contributed by atoms with van der Waals surface area (Å²) in [5.74, 6) is 1.33. The van der Waals surface area contributed by atoms with E-state index in [0.717, 1.165) is 42.9 Å². The van der Waals surface area contributed by atoms with E-state index in [4.69, 9.17) is 5.73 Å². The van der Waals surface area contributed by atoms with Crippen LogP contribution in [0.2, 0.25) is 0 Å². The van der Waals surface area contributed by atoms with Crippen LogP contribution in [0.25, 0.3) is 11.3 Å². The predicted octanol–water partition coefficient (Wildman–Crippen LogP) is 1.83. The smallest absolute Gasteiger partial charge is 0.230 e. The van der Waals surface area contributed by atoms with Gasteiger partial charge in [0, 0.05) is 31.7 Å². The average molecular weight is 364 g/mol. The number of H-pyrrole nitrogens is 1. The summed E-state index contributed by atoms with van der Waals surface area (Å²) in [7, 11) is 1.96. The van der Waals surface area contributed by atoms with Gasteiger partial charge in [-0.15, -0.1) is 0 Å². The quantitative estimate of drug-likeness (QED) is 0.712. The standard InChI is InChI=1S/C19H24N8/c1-26(12-16-10-17(25-24-16)14-6-3-2-4-7-14)18-21-13-22-19(23-18)27-9-5-8-15(20)11-27/h2-4,6-7,10,13,15H,5,8-9,11-12,20H2,1H3,(H,24,25).